The van der Waals surface area contributed by atoms with Crippen molar-refractivity contribution in [2.45, 2.75) is 64.5 Å². The molecule has 1 saturated heterocycles. The Morgan fingerprint density at radius 3 is 2.40 bits per heavy atom. The number of nitrogens with zero attached hydrogens (tertiary/aromatic N) is 2. The van der Waals surface area contributed by atoms with Crippen molar-refractivity contribution in [1.29, 1.82) is 0 Å². The van der Waals surface area contributed by atoms with Crippen LogP contribution < -0.4 is 0 Å². The number of halogens is 1. The van der Waals surface area contributed by atoms with Gasteiger partial charge in [0.2, 0.25) is 0 Å². The molecule has 162 valence electrons. The normalized spacial score (nSPS) is 20.7. The molecule has 0 radical (unpaired) electrons. The standard InChI is InChI=1S/C26H35FN2O/c1-2-3-14-29-17-21-8-9-22(18-28-15-6-4-5-7-16-28)26(30)25(21)24(19-29)20-10-12-23(27)13-11-20/h8-13,24,30H,2-7,14-19H2,1H3. The summed E-state index contributed by atoms with van der Waals surface area (Å²) >= 11 is 0. The average Bonchev–Trinajstić information content (AvgIpc) is 3.03. The summed E-state index contributed by atoms with van der Waals surface area (Å²) in [5, 5.41) is 11.4. The predicted octanol–water partition coefficient (Wildman–Crippen LogP) is 5.65. The number of aromatic hydroxyl groups is 1. The molecular weight excluding hydrogens is 375 g/mol. The molecule has 1 fully saturated rings. The van der Waals surface area contributed by atoms with E-state index >= 15 is 0 Å². The maximum absolute atomic E-state index is 13.6. The summed E-state index contributed by atoms with van der Waals surface area (Å²) in [4.78, 5) is 4.96. The van der Waals surface area contributed by atoms with Gasteiger partial charge >= 0.3 is 0 Å². The molecule has 3 nitrogen and oxygen atoms in total. The molecule has 4 heteroatoms. The largest absolute Gasteiger partial charge is 0.507 e. The first kappa shape index (κ1) is 21.3. The predicted molar refractivity (Wildman–Crippen MR) is 120 cm³/mol. The Bertz CT molecular complexity index is 828. The van der Waals surface area contributed by atoms with Gasteiger partial charge in [0.1, 0.15) is 11.6 Å². The summed E-state index contributed by atoms with van der Waals surface area (Å²) in [5.74, 6) is 0.327. The van der Waals surface area contributed by atoms with Crippen LogP contribution in [0.2, 0.25) is 0 Å². The number of fused-ring (bicyclic) bond motifs is 1. The maximum atomic E-state index is 13.6. The first-order chi connectivity index (χ1) is 14.7. The Morgan fingerprint density at radius 1 is 0.967 bits per heavy atom. The van der Waals surface area contributed by atoms with Crippen molar-refractivity contribution in [3.63, 3.8) is 0 Å². The molecule has 0 saturated carbocycles. The van der Waals surface area contributed by atoms with Gasteiger partial charge in [0.05, 0.1) is 0 Å². The molecule has 30 heavy (non-hydrogen) atoms. The number of rotatable bonds is 6. The number of likely N-dealkylation sites (tertiary alicyclic amines) is 1. The van der Waals surface area contributed by atoms with Crippen LogP contribution in [-0.2, 0) is 13.1 Å². The molecule has 4 rings (SSSR count). The first-order valence-corrected chi connectivity index (χ1v) is 11.7. The lowest BCUT2D eigenvalue weighted by atomic mass is 9.82. The minimum atomic E-state index is -0.211. The molecule has 0 amide bonds. The topological polar surface area (TPSA) is 26.7 Å². The zero-order chi connectivity index (χ0) is 20.9. The highest BCUT2D eigenvalue weighted by Gasteiger charge is 2.30. The van der Waals surface area contributed by atoms with Crippen LogP contribution in [0.15, 0.2) is 36.4 Å². The van der Waals surface area contributed by atoms with Crippen LogP contribution in [0.25, 0.3) is 0 Å². The fourth-order valence-corrected chi connectivity index (χ4v) is 5.06. The van der Waals surface area contributed by atoms with E-state index in [0.29, 0.717) is 5.75 Å². The van der Waals surface area contributed by atoms with E-state index in [1.807, 2.05) is 12.1 Å². The fourth-order valence-electron chi connectivity index (χ4n) is 5.06. The summed E-state index contributed by atoms with van der Waals surface area (Å²) in [6.45, 7) is 8.07. The van der Waals surface area contributed by atoms with Gasteiger partial charge in [0.25, 0.3) is 0 Å². The van der Waals surface area contributed by atoms with E-state index in [1.165, 1.54) is 56.2 Å². The zero-order valence-electron chi connectivity index (χ0n) is 18.2. The minimum Gasteiger partial charge on any atom is -0.507 e. The van der Waals surface area contributed by atoms with Gasteiger partial charge in [-0.1, -0.05) is 50.5 Å². The van der Waals surface area contributed by atoms with E-state index < -0.39 is 0 Å². The first-order valence-electron chi connectivity index (χ1n) is 11.7. The average molecular weight is 411 g/mol. The van der Waals surface area contributed by atoms with Crippen LogP contribution in [0.1, 0.15) is 73.6 Å². The molecule has 1 atom stereocenters. The highest BCUT2D eigenvalue weighted by Crippen LogP contribution is 2.41. The molecule has 1 N–H and O–H groups in total. The van der Waals surface area contributed by atoms with Crippen molar-refractivity contribution < 1.29 is 9.50 Å². The molecule has 0 spiro atoms. The summed E-state index contributed by atoms with van der Waals surface area (Å²) in [5.41, 5.74) is 4.39. The van der Waals surface area contributed by atoms with Crippen molar-refractivity contribution >= 4 is 0 Å². The Hall–Kier alpha value is -1.91. The van der Waals surface area contributed by atoms with Gasteiger partial charge in [0, 0.05) is 36.7 Å². The lowest BCUT2D eigenvalue weighted by Gasteiger charge is -2.36. The van der Waals surface area contributed by atoms with Gasteiger partial charge < -0.3 is 5.11 Å². The Balaban J connectivity index is 1.66. The molecule has 2 aliphatic rings. The molecule has 2 aromatic carbocycles. The third-order valence-electron chi connectivity index (χ3n) is 6.77. The Labute approximate surface area is 180 Å². The molecule has 0 bridgehead atoms. The number of unbranched alkanes of at least 4 members (excludes halogenated alkanes) is 1. The maximum Gasteiger partial charge on any atom is 0.124 e. The highest BCUT2D eigenvalue weighted by atomic mass is 19.1. The third kappa shape index (κ3) is 4.87. The molecule has 2 heterocycles. The van der Waals surface area contributed by atoms with E-state index in [2.05, 4.69) is 28.9 Å². The zero-order valence-corrected chi connectivity index (χ0v) is 18.2. The molecule has 0 aromatic heterocycles. The van der Waals surface area contributed by atoms with E-state index in [0.717, 1.165) is 56.0 Å². The second-order valence-electron chi connectivity index (χ2n) is 9.03. The van der Waals surface area contributed by atoms with E-state index in [9.17, 15) is 9.50 Å². The van der Waals surface area contributed by atoms with Gasteiger partial charge in [-0.3, -0.25) is 9.80 Å². The van der Waals surface area contributed by atoms with Gasteiger partial charge in [-0.15, -0.1) is 0 Å². The number of hydrogen-bond acceptors (Lipinski definition) is 3. The fraction of sp³-hybridized carbons (Fsp3) is 0.538. The molecule has 2 aliphatic heterocycles. The van der Waals surface area contributed by atoms with Crippen molar-refractivity contribution in [3.8, 4) is 5.75 Å². The van der Waals surface area contributed by atoms with E-state index in [-0.39, 0.29) is 11.7 Å². The summed E-state index contributed by atoms with van der Waals surface area (Å²) in [6.07, 6.45) is 7.46. The van der Waals surface area contributed by atoms with Crippen molar-refractivity contribution in [2.75, 3.05) is 26.2 Å². The van der Waals surface area contributed by atoms with Gasteiger partial charge in [0.15, 0.2) is 0 Å². The van der Waals surface area contributed by atoms with E-state index in [1.54, 1.807) is 0 Å². The summed E-state index contributed by atoms with van der Waals surface area (Å²) < 4.78 is 13.6. The monoisotopic (exact) mass is 410 g/mol. The second kappa shape index (κ2) is 9.93. The third-order valence-corrected chi connectivity index (χ3v) is 6.77. The number of phenolic OH excluding ortho intramolecular Hbond substituents is 1. The van der Waals surface area contributed by atoms with Crippen molar-refractivity contribution in [1.82, 2.24) is 9.80 Å². The quantitative estimate of drug-likeness (QED) is 0.666. The van der Waals surface area contributed by atoms with Crippen molar-refractivity contribution in [3.05, 3.63) is 64.5 Å². The van der Waals surface area contributed by atoms with Crippen LogP contribution in [0.3, 0.4) is 0 Å². The Morgan fingerprint density at radius 2 is 1.70 bits per heavy atom. The number of benzene rings is 2. The van der Waals surface area contributed by atoms with Crippen LogP contribution in [0.5, 0.6) is 5.75 Å². The van der Waals surface area contributed by atoms with Crippen LogP contribution in [-0.4, -0.2) is 41.1 Å². The lowest BCUT2D eigenvalue weighted by Crippen LogP contribution is -2.35. The van der Waals surface area contributed by atoms with Crippen LogP contribution in [0.4, 0.5) is 4.39 Å². The smallest absolute Gasteiger partial charge is 0.124 e. The molecular formula is C26H35FN2O. The minimum absolute atomic E-state index is 0.0790. The highest BCUT2D eigenvalue weighted by molar-refractivity contribution is 5.52. The molecule has 1 unspecified atom stereocenters. The number of phenols is 1. The lowest BCUT2D eigenvalue weighted by molar-refractivity contribution is 0.233. The number of hydrogen-bond donors (Lipinski definition) is 1. The molecule has 0 aliphatic carbocycles. The Kier molecular flexibility index (Phi) is 7.06. The van der Waals surface area contributed by atoms with Gasteiger partial charge in [-0.2, -0.15) is 0 Å². The SMILES string of the molecule is CCCCN1Cc2ccc(CN3CCCCCC3)c(O)c2C(c2ccc(F)cc2)C1. The van der Waals surface area contributed by atoms with Gasteiger partial charge in [-0.05, 0) is 62.2 Å². The van der Waals surface area contributed by atoms with Gasteiger partial charge in [-0.25, -0.2) is 4.39 Å². The summed E-state index contributed by atoms with van der Waals surface area (Å²) in [6, 6.07) is 11.2. The molecule has 2 aromatic rings. The van der Waals surface area contributed by atoms with Crippen molar-refractivity contribution in [2.24, 2.45) is 0 Å². The van der Waals surface area contributed by atoms with Crippen LogP contribution >= 0.6 is 0 Å². The van der Waals surface area contributed by atoms with E-state index in [4.69, 9.17) is 0 Å². The second-order valence-corrected chi connectivity index (χ2v) is 9.03. The summed E-state index contributed by atoms with van der Waals surface area (Å²) in [7, 11) is 0. The van der Waals surface area contributed by atoms with Crippen LogP contribution in [0, 0.1) is 5.82 Å².